The van der Waals surface area contributed by atoms with Gasteiger partial charge in [0.05, 0.1) is 0 Å². The van der Waals surface area contributed by atoms with Crippen LogP contribution in [0.4, 0.5) is 0 Å². The molecule has 1 aromatic carbocycles. The van der Waals surface area contributed by atoms with Gasteiger partial charge in [0.15, 0.2) is 11.5 Å². The van der Waals surface area contributed by atoms with Crippen LogP contribution in [0.5, 0.6) is 11.5 Å². The predicted molar refractivity (Wildman–Crippen MR) is 88.1 cm³/mol. The molecule has 2 rings (SSSR count). The van der Waals surface area contributed by atoms with Gasteiger partial charge < -0.3 is 9.47 Å². The van der Waals surface area contributed by atoms with Gasteiger partial charge in [-0.05, 0) is 54.7 Å². The van der Waals surface area contributed by atoms with Crippen molar-refractivity contribution in [1.82, 2.24) is 0 Å². The highest BCUT2D eigenvalue weighted by molar-refractivity contribution is 5.45. The number of ether oxygens (including phenoxy) is 2. The van der Waals surface area contributed by atoms with Crippen molar-refractivity contribution in [3.05, 3.63) is 23.8 Å². The number of hydrogen-bond acceptors (Lipinski definition) is 2. The van der Waals surface area contributed by atoms with Crippen LogP contribution < -0.4 is 9.47 Å². The van der Waals surface area contributed by atoms with Crippen LogP contribution >= 0.6 is 0 Å². The maximum Gasteiger partial charge on any atom is 0.231 e. The summed E-state index contributed by atoms with van der Waals surface area (Å²) in [5, 5.41) is 0. The Morgan fingerprint density at radius 1 is 1.00 bits per heavy atom. The average Bonchev–Trinajstić information content (AvgIpc) is 2.92. The van der Waals surface area contributed by atoms with Gasteiger partial charge in [0, 0.05) is 0 Å². The fourth-order valence-corrected chi connectivity index (χ4v) is 3.58. The molecule has 2 heteroatoms. The number of hydrogen-bond donors (Lipinski definition) is 0. The molecule has 0 aromatic heterocycles. The third-order valence-electron chi connectivity index (χ3n) is 4.63. The van der Waals surface area contributed by atoms with E-state index in [1.807, 2.05) is 0 Å². The van der Waals surface area contributed by atoms with Crippen LogP contribution in [0.1, 0.15) is 71.3 Å². The molecule has 0 bridgehead atoms. The van der Waals surface area contributed by atoms with Crippen LogP contribution in [0.3, 0.4) is 0 Å². The normalized spacial score (nSPS) is 17.5. The second-order valence-electron chi connectivity index (χ2n) is 6.69. The molecule has 21 heavy (non-hydrogen) atoms. The summed E-state index contributed by atoms with van der Waals surface area (Å²) in [6, 6.07) is 6.45. The molecule has 1 aliphatic rings. The van der Waals surface area contributed by atoms with Gasteiger partial charge in [-0.2, -0.15) is 0 Å². The molecular formula is C19H30O2. The van der Waals surface area contributed by atoms with E-state index in [-0.39, 0.29) is 0 Å². The predicted octanol–water partition coefficient (Wildman–Crippen LogP) is 5.76. The van der Waals surface area contributed by atoms with Crippen molar-refractivity contribution < 1.29 is 9.47 Å². The van der Waals surface area contributed by atoms with Crippen molar-refractivity contribution in [2.75, 3.05) is 6.79 Å². The highest BCUT2D eigenvalue weighted by Crippen LogP contribution is 2.37. The number of rotatable bonds is 8. The van der Waals surface area contributed by atoms with Gasteiger partial charge in [0.2, 0.25) is 6.79 Å². The minimum Gasteiger partial charge on any atom is -0.454 e. The zero-order chi connectivity index (χ0) is 15.2. The first-order valence-corrected chi connectivity index (χ1v) is 8.53. The molecule has 0 saturated heterocycles. The number of fused-ring (bicyclic) bond motifs is 1. The van der Waals surface area contributed by atoms with Gasteiger partial charge in [0.1, 0.15) is 0 Å². The lowest BCUT2D eigenvalue weighted by Gasteiger charge is -2.23. The lowest BCUT2D eigenvalue weighted by atomic mass is 9.83. The second kappa shape index (κ2) is 7.72. The van der Waals surface area contributed by atoms with E-state index in [9.17, 15) is 0 Å². The minimum absolute atomic E-state index is 0.362. The Labute approximate surface area is 129 Å². The summed E-state index contributed by atoms with van der Waals surface area (Å²) >= 11 is 0. The summed E-state index contributed by atoms with van der Waals surface area (Å²) < 4.78 is 10.9. The fraction of sp³-hybridized carbons (Fsp3) is 0.684. The van der Waals surface area contributed by atoms with E-state index in [2.05, 4.69) is 45.9 Å². The SMILES string of the molecule is CCCC(C)CC(C)CC(CC)c1ccc2c(c1)OCO2. The van der Waals surface area contributed by atoms with E-state index < -0.39 is 0 Å². The average molecular weight is 290 g/mol. The lowest BCUT2D eigenvalue weighted by Crippen LogP contribution is -2.08. The Bertz CT molecular complexity index is 441. The van der Waals surface area contributed by atoms with Gasteiger partial charge >= 0.3 is 0 Å². The topological polar surface area (TPSA) is 18.5 Å². The quantitative estimate of drug-likeness (QED) is 0.606. The van der Waals surface area contributed by atoms with Gasteiger partial charge in [-0.3, -0.25) is 0 Å². The van der Waals surface area contributed by atoms with Gasteiger partial charge in [-0.15, -0.1) is 0 Å². The van der Waals surface area contributed by atoms with Crippen molar-refractivity contribution in [1.29, 1.82) is 0 Å². The molecule has 0 spiro atoms. The zero-order valence-electron chi connectivity index (χ0n) is 14.0. The first-order valence-electron chi connectivity index (χ1n) is 8.53. The molecule has 0 fully saturated rings. The summed E-state index contributed by atoms with van der Waals surface area (Å²) in [5.74, 6) is 4.06. The molecule has 1 heterocycles. The van der Waals surface area contributed by atoms with Crippen LogP contribution in [0, 0.1) is 11.8 Å². The second-order valence-corrected chi connectivity index (χ2v) is 6.69. The number of benzene rings is 1. The van der Waals surface area contributed by atoms with Gasteiger partial charge in [0.25, 0.3) is 0 Å². The highest BCUT2D eigenvalue weighted by Gasteiger charge is 2.19. The van der Waals surface area contributed by atoms with E-state index >= 15 is 0 Å². The molecular weight excluding hydrogens is 260 g/mol. The Hall–Kier alpha value is -1.18. The van der Waals surface area contributed by atoms with E-state index in [0.29, 0.717) is 12.7 Å². The molecule has 2 nitrogen and oxygen atoms in total. The summed E-state index contributed by atoms with van der Waals surface area (Å²) in [6.45, 7) is 9.73. The first-order chi connectivity index (χ1) is 10.1. The monoisotopic (exact) mass is 290 g/mol. The van der Waals surface area contributed by atoms with E-state index in [1.165, 1.54) is 37.7 Å². The Morgan fingerprint density at radius 2 is 1.76 bits per heavy atom. The van der Waals surface area contributed by atoms with Crippen LogP contribution in [0.25, 0.3) is 0 Å². The molecule has 118 valence electrons. The smallest absolute Gasteiger partial charge is 0.231 e. The van der Waals surface area contributed by atoms with Crippen LogP contribution in [-0.2, 0) is 0 Å². The van der Waals surface area contributed by atoms with Gasteiger partial charge in [-0.1, -0.05) is 46.6 Å². The molecule has 0 saturated carbocycles. The van der Waals surface area contributed by atoms with E-state index in [1.54, 1.807) is 0 Å². The molecule has 0 aliphatic carbocycles. The molecule has 1 aliphatic heterocycles. The van der Waals surface area contributed by atoms with Crippen LogP contribution in [-0.4, -0.2) is 6.79 Å². The summed E-state index contributed by atoms with van der Waals surface area (Å²) in [5.41, 5.74) is 1.40. The molecule has 1 aromatic rings. The Morgan fingerprint density at radius 3 is 2.48 bits per heavy atom. The molecule has 3 unspecified atom stereocenters. The lowest BCUT2D eigenvalue weighted by molar-refractivity contribution is 0.174. The maximum absolute atomic E-state index is 5.51. The van der Waals surface area contributed by atoms with Gasteiger partial charge in [-0.25, -0.2) is 0 Å². The van der Waals surface area contributed by atoms with Crippen molar-refractivity contribution >= 4 is 0 Å². The third kappa shape index (κ3) is 4.39. The Balaban J connectivity index is 1.96. The largest absolute Gasteiger partial charge is 0.454 e. The van der Waals surface area contributed by atoms with E-state index in [4.69, 9.17) is 9.47 Å². The zero-order valence-corrected chi connectivity index (χ0v) is 14.0. The van der Waals surface area contributed by atoms with E-state index in [0.717, 1.165) is 23.3 Å². The van der Waals surface area contributed by atoms with Crippen molar-refractivity contribution in [2.24, 2.45) is 11.8 Å². The minimum atomic E-state index is 0.362. The summed E-state index contributed by atoms with van der Waals surface area (Å²) in [6.07, 6.45) is 6.45. The summed E-state index contributed by atoms with van der Waals surface area (Å²) in [4.78, 5) is 0. The van der Waals surface area contributed by atoms with Crippen LogP contribution in [0.2, 0.25) is 0 Å². The fourth-order valence-electron chi connectivity index (χ4n) is 3.58. The molecule has 0 radical (unpaired) electrons. The summed E-state index contributed by atoms with van der Waals surface area (Å²) in [7, 11) is 0. The molecule has 0 N–H and O–H groups in total. The molecule has 3 atom stereocenters. The maximum atomic E-state index is 5.51. The third-order valence-corrected chi connectivity index (χ3v) is 4.63. The van der Waals surface area contributed by atoms with Crippen molar-refractivity contribution in [3.8, 4) is 11.5 Å². The first kappa shape index (κ1) is 16.2. The van der Waals surface area contributed by atoms with Crippen molar-refractivity contribution in [3.63, 3.8) is 0 Å². The molecule has 0 amide bonds. The van der Waals surface area contributed by atoms with Crippen LogP contribution in [0.15, 0.2) is 18.2 Å². The standard InChI is InChI=1S/C19H30O2/c1-5-7-14(3)10-15(4)11-16(6-2)17-8-9-18-19(12-17)21-13-20-18/h8-9,12,14-16H,5-7,10-11,13H2,1-4H3. The Kier molecular flexibility index (Phi) is 5.96. The van der Waals surface area contributed by atoms with Crippen molar-refractivity contribution in [2.45, 2.75) is 65.7 Å². The highest BCUT2D eigenvalue weighted by atomic mass is 16.7.